The van der Waals surface area contributed by atoms with Crippen LogP contribution in [0.2, 0.25) is 0 Å². The van der Waals surface area contributed by atoms with Crippen LogP contribution in [-0.2, 0) is 0 Å². The van der Waals surface area contributed by atoms with Crippen LogP contribution < -0.4 is 4.90 Å². The average Bonchev–Trinajstić information content (AvgIpc) is 2.21. The molecule has 0 unspecified atom stereocenters. The van der Waals surface area contributed by atoms with Gasteiger partial charge in [-0.25, -0.2) is 0 Å². The van der Waals surface area contributed by atoms with Crippen molar-refractivity contribution in [3.63, 3.8) is 0 Å². The second kappa shape index (κ2) is 5.76. The largest absolute Gasteiger partial charge is 0.506 e. The van der Waals surface area contributed by atoms with Gasteiger partial charge in [0, 0.05) is 19.0 Å². The number of anilines is 1. The van der Waals surface area contributed by atoms with Crippen molar-refractivity contribution in [3.05, 3.63) is 24.3 Å². The van der Waals surface area contributed by atoms with Crippen LogP contribution in [-0.4, -0.2) is 24.1 Å². The average molecular weight is 214 g/mol. The molecule has 0 atom stereocenters. The number of para-hydroxylation sites is 2. The summed E-state index contributed by atoms with van der Waals surface area (Å²) < 4.78 is 0. The van der Waals surface area contributed by atoms with Gasteiger partial charge in [0.25, 0.3) is 0 Å². The predicted molar refractivity (Wildman–Crippen MR) is 61.3 cm³/mol. The molecule has 0 saturated heterocycles. The van der Waals surface area contributed by atoms with E-state index >= 15 is 0 Å². The van der Waals surface area contributed by atoms with Gasteiger partial charge in [0.05, 0.1) is 5.69 Å². The first-order valence-corrected chi connectivity index (χ1v) is 5.42. The zero-order chi connectivity index (χ0) is 10.4. The standard InChI is InChI=1S/C11H16ClNO/c1-2-13(9-5-8-12)10-6-3-4-7-11(10)14/h3-4,6-7,14H,2,5,8-9H2,1H3. The molecule has 1 aromatic carbocycles. The first kappa shape index (κ1) is 11.2. The number of aromatic hydroxyl groups is 1. The van der Waals surface area contributed by atoms with Gasteiger partial charge in [0.2, 0.25) is 0 Å². The van der Waals surface area contributed by atoms with Crippen LogP contribution >= 0.6 is 11.6 Å². The molecule has 0 spiro atoms. The number of nitrogens with zero attached hydrogens (tertiary/aromatic N) is 1. The highest BCUT2D eigenvalue weighted by Gasteiger charge is 2.07. The molecule has 0 aromatic heterocycles. The zero-order valence-electron chi connectivity index (χ0n) is 8.41. The topological polar surface area (TPSA) is 23.5 Å². The van der Waals surface area contributed by atoms with Gasteiger partial charge in [-0.15, -0.1) is 11.6 Å². The van der Waals surface area contributed by atoms with Gasteiger partial charge in [-0.1, -0.05) is 12.1 Å². The molecule has 0 aliphatic carbocycles. The molecule has 14 heavy (non-hydrogen) atoms. The highest BCUT2D eigenvalue weighted by Crippen LogP contribution is 2.26. The second-order valence-corrected chi connectivity index (χ2v) is 3.49. The van der Waals surface area contributed by atoms with E-state index in [-0.39, 0.29) is 0 Å². The molecule has 0 aliphatic heterocycles. The van der Waals surface area contributed by atoms with E-state index in [0.29, 0.717) is 11.6 Å². The Hall–Kier alpha value is -0.890. The molecule has 0 aliphatic rings. The predicted octanol–water partition coefficient (Wildman–Crippen LogP) is 2.85. The van der Waals surface area contributed by atoms with Crippen molar-refractivity contribution >= 4 is 17.3 Å². The molecule has 3 heteroatoms. The number of hydrogen-bond donors (Lipinski definition) is 1. The molecule has 78 valence electrons. The number of phenolic OH excluding ortho intramolecular Hbond substituents is 1. The Balaban J connectivity index is 2.73. The Labute approximate surface area is 90.1 Å². The Kier molecular flexibility index (Phi) is 4.60. The van der Waals surface area contributed by atoms with E-state index in [1.54, 1.807) is 6.07 Å². The SMILES string of the molecule is CCN(CCCCl)c1ccccc1O. The molecule has 1 N–H and O–H groups in total. The first-order chi connectivity index (χ1) is 6.79. The molecule has 1 aromatic rings. The molecule has 2 nitrogen and oxygen atoms in total. The van der Waals surface area contributed by atoms with E-state index in [0.717, 1.165) is 25.2 Å². The minimum absolute atomic E-state index is 0.337. The van der Waals surface area contributed by atoms with Gasteiger partial charge in [-0.3, -0.25) is 0 Å². The lowest BCUT2D eigenvalue weighted by molar-refractivity contribution is 0.474. The van der Waals surface area contributed by atoms with Crippen LogP contribution in [0.15, 0.2) is 24.3 Å². The summed E-state index contributed by atoms with van der Waals surface area (Å²) in [5.74, 6) is 0.994. The Bertz CT molecular complexity index is 278. The Morgan fingerprint density at radius 1 is 1.36 bits per heavy atom. The fourth-order valence-electron chi connectivity index (χ4n) is 1.43. The number of benzene rings is 1. The van der Waals surface area contributed by atoms with E-state index in [1.165, 1.54) is 0 Å². The molecular weight excluding hydrogens is 198 g/mol. The van der Waals surface area contributed by atoms with Crippen molar-refractivity contribution in [1.29, 1.82) is 0 Å². The lowest BCUT2D eigenvalue weighted by atomic mass is 10.2. The van der Waals surface area contributed by atoms with Crippen LogP contribution in [0.3, 0.4) is 0 Å². The Morgan fingerprint density at radius 2 is 2.07 bits per heavy atom. The maximum atomic E-state index is 9.64. The molecule has 0 heterocycles. The highest BCUT2D eigenvalue weighted by atomic mass is 35.5. The lowest BCUT2D eigenvalue weighted by Crippen LogP contribution is -2.24. The highest BCUT2D eigenvalue weighted by molar-refractivity contribution is 6.17. The molecule has 0 saturated carbocycles. The van der Waals surface area contributed by atoms with Crippen molar-refractivity contribution < 1.29 is 5.11 Å². The van der Waals surface area contributed by atoms with Crippen molar-refractivity contribution in [3.8, 4) is 5.75 Å². The maximum Gasteiger partial charge on any atom is 0.138 e. The number of phenols is 1. The van der Waals surface area contributed by atoms with Gasteiger partial charge in [0.1, 0.15) is 5.75 Å². The fraction of sp³-hybridized carbons (Fsp3) is 0.455. The monoisotopic (exact) mass is 213 g/mol. The first-order valence-electron chi connectivity index (χ1n) is 4.88. The minimum Gasteiger partial charge on any atom is -0.506 e. The quantitative estimate of drug-likeness (QED) is 0.761. The summed E-state index contributed by atoms with van der Waals surface area (Å²) in [5, 5.41) is 9.64. The Morgan fingerprint density at radius 3 is 2.64 bits per heavy atom. The summed E-state index contributed by atoms with van der Waals surface area (Å²) >= 11 is 5.64. The number of alkyl halides is 1. The molecule has 0 bridgehead atoms. The fourth-order valence-corrected chi connectivity index (χ4v) is 1.55. The molecule has 0 amide bonds. The van der Waals surface area contributed by atoms with Gasteiger partial charge >= 0.3 is 0 Å². The van der Waals surface area contributed by atoms with Crippen LogP contribution in [0, 0.1) is 0 Å². The van der Waals surface area contributed by atoms with Gasteiger partial charge in [0.15, 0.2) is 0 Å². The summed E-state index contributed by atoms with van der Waals surface area (Å²) in [6.45, 7) is 3.84. The van der Waals surface area contributed by atoms with E-state index in [2.05, 4.69) is 11.8 Å². The summed E-state index contributed by atoms with van der Waals surface area (Å²) in [7, 11) is 0. The number of rotatable bonds is 5. The number of hydrogen-bond acceptors (Lipinski definition) is 2. The lowest BCUT2D eigenvalue weighted by Gasteiger charge is -2.23. The van der Waals surface area contributed by atoms with Crippen LogP contribution in [0.25, 0.3) is 0 Å². The van der Waals surface area contributed by atoms with Crippen molar-refractivity contribution in [2.45, 2.75) is 13.3 Å². The van der Waals surface area contributed by atoms with E-state index in [1.807, 2.05) is 18.2 Å². The molecule has 0 radical (unpaired) electrons. The van der Waals surface area contributed by atoms with Crippen molar-refractivity contribution in [2.24, 2.45) is 0 Å². The summed E-state index contributed by atoms with van der Waals surface area (Å²) in [4.78, 5) is 2.12. The van der Waals surface area contributed by atoms with Gasteiger partial charge in [-0.2, -0.15) is 0 Å². The van der Waals surface area contributed by atoms with Gasteiger partial charge < -0.3 is 10.0 Å². The van der Waals surface area contributed by atoms with Crippen molar-refractivity contribution in [1.82, 2.24) is 0 Å². The molecule has 1 rings (SSSR count). The third-order valence-corrected chi connectivity index (χ3v) is 2.43. The second-order valence-electron chi connectivity index (χ2n) is 3.11. The van der Waals surface area contributed by atoms with E-state index in [9.17, 15) is 5.11 Å². The minimum atomic E-state index is 0.337. The van der Waals surface area contributed by atoms with Crippen LogP contribution in [0.5, 0.6) is 5.75 Å². The normalized spacial score (nSPS) is 10.1. The zero-order valence-corrected chi connectivity index (χ0v) is 9.17. The molecular formula is C11H16ClNO. The van der Waals surface area contributed by atoms with Crippen LogP contribution in [0.1, 0.15) is 13.3 Å². The molecule has 0 fully saturated rings. The van der Waals surface area contributed by atoms with Gasteiger partial charge in [-0.05, 0) is 25.5 Å². The maximum absolute atomic E-state index is 9.64. The van der Waals surface area contributed by atoms with Crippen LogP contribution in [0.4, 0.5) is 5.69 Å². The summed E-state index contributed by atoms with van der Waals surface area (Å²) in [6, 6.07) is 7.39. The summed E-state index contributed by atoms with van der Waals surface area (Å²) in [5.41, 5.74) is 0.889. The third kappa shape index (κ3) is 2.81. The van der Waals surface area contributed by atoms with E-state index in [4.69, 9.17) is 11.6 Å². The smallest absolute Gasteiger partial charge is 0.138 e. The number of halogens is 1. The van der Waals surface area contributed by atoms with E-state index < -0.39 is 0 Å². The summed E-state index contributed by atoms with van der Waals surface area (Å²) in [6.07, 6.45) is 0.934. The van der Waals surface area contributed by atoms with Crippen molar-refractivity contribution in [2.75, 3.05) is 23.9 Å². The third-order valence-electron chi connectivity index (χ3n) is 2.17.